The van der Waals surface area contributed by atoms with Crippen molar-refractivity contribution >= 4 is 17.0 Å². The van der Waals surface area contributed by atoms with Crippen molar-refractivity contribution < 1.29 is 5.11 Å². The molecule has 1 atom stereocenters. The van der Waals surface area contributed by atoms with E-state index in [1.54, 1.807) is 17.5 Å². The summed E-state index contributed by atoms with van der Waals surface area (Å²) >= 11 is 1.54. The quantitative estimate of drug-likeness (QED) is 0.874. The lowest BCUT2D eigenvalue weighted by Gasteiger charge is -2.27. The third kappa shape index (κ3) is 2.65. The zero-order valence-corrected chi connectivity index (χ0v) is 10.8. The molecule has 0 bridgehead atoms. The molecule has 1 unspecified atom stereocenters. The molecule has 0 saturated heterocycles. The molecular weight excluding hydrogens is 232 g/mol. The highest BCUT2D eigenvalue weighted by Gasteiger charge is 2.28. The van der Waals surface area contributed by atoms with E-state index in [-0.39, 0.29) is 6.61 Å². The number of benzene rings is 1. The molecule has 2 rings (SSSR count). The van der Waals surface area contributed by atoms with Crippen molar-refractivity contribution in [2.45, 2.75) is 19.4 Å². The van der Waals surface area contributed by atoms with Crippen LogP contribution in [0.25, 0.3) is 0 Å². The van der Waals surface area contributed by atoms with Crippen LogP contribution in [0.15, 0.2) is 35.8 Å². The molecule has 2 aromatic rings. The van der Waals surface area contributed by atoms with Crippen molar-refractivity contribution in [1.82, 2.24) is 4.98 Å². The number of rotatable bonds is 4. The second kappa shape index (κ2) is 4.85. The maximum Gasteiger partial charge on any atom is 0.120 e. The first kappa shape index (κ1) is 12.1. The van der Waals surface area contributed by atoms with E-state index in [9.17, 15) is 5.11 Å². The van der Waals surface area contributed by atoms with Crippen LogP contribution in [0.1, 0.15) is 17.5 Å². The van der Waals surface area contributed by atoms with E-state index in [1.807, 2.05) is 36.6 Å². The summed E-state index contributed by atoms with van der Waals surface area (Å²) in [5, 5.41) is 15.7. The third-order valence-corrected chi connectivity index (χ3v) is 3.73. The lowest BCUT2D eigenvalue weighted by atomic mass is 10.0. The molecule has 4 heteroatoms. The fraction of sp³-hybridized carbons (Fsp3) is 0.308. The van der Waals surface area contributed by atoms with E-state index in [4.69, 9.17) is 0 Å². The van der Waals surface area contributed by atoms with Crippen LogP contribution >= 0.6 is 11.3 Å². The average molecular weight is 248 g/mol. The SMILES string of the molecule is Cc1ccc(NC(C)(CO)c2nccs2)cc1. The van der Waals surface area contributed by atoms with Crippen LogP contribution in [-0.2, 0) is 5.54 Å². The first-order valence-electron chi connectivity index (χ1n) is 5.50. The molecule has 0 aliphatic rings. The molecular formula is C13H16N2OS. The van der Waals surface area contributed by atoms with Gasteiger partial charge >= 0.3 is 0 Å². The van der Waals surface area contributed by atoms with Crippen LogP contribution < -0.4 is 5.32 Å². The first-order valence-corrected chi connectivity index (χ1v) is 6.38. The van der Waals surface area contributed by atoms with Crippen molar-refractivity contribution in [2.24, 2.45) is 0 Å². The van der Waals surface area contributed by atoms with E-state index in [0.29, 0.717) is 0 Å². The summed E-state index contributed by atoms with van der Waals surface area (Å²) in [5.74, 6) is 0. The molecule has 1 aromatic carbocycles. The number of hydrogen-bond acceptors (Lipinski definition) is 4. The summed E-state index contributed by atoms with van der Waals surface area (Å²) in [6.07, 6.45) is 1.75. The van der Waals surface area contributed by atoms with Crippen LogP contribution in [-0.4, -0.2) is 16.7 Å². The molecule has 1 aromatic heterocycles. The van der Waals surface area contributed by atoms with Gasteiger partial charge in [-0.1, -0.05) is 17.7 Å². The van der Waals surface area contributed by atoms with E-state index >= 15 is 0 Å². The van der Waals surface area contributed by atoms with Gasteiger partial charge in [0.2, 0.25) is 0 Å². The number of nitrogens with zero attached hydrogens (tertiary/aromatic N) is 1. The minimum Gasteiger partial charge on any atom is -0.393 e. The van der Waals surface area contributed by atoms with Crippen LogP contribution in [0.2, 0.25) is 0 Å². The average Bonchev–Trinajstić information content (AvgIpc) is 2.86. The van der Waals surface area contributed by atoms with Crippen molar-refractivity contribution in [3.05, 3.63) is 46.4 Å². The molecule has 0 aliphatic heterocycles. The predicted octanol–water partition coefficient (Wildman–Crippen LogP) is 2.77. The normalized spacial score (nSPS) is 14.3. The van der Waals surface area contributed by atoms with Crippen molar-refractivity contribution in [2.75, 3.05) is 11.9 Å². The maximum absolute atomic E-state index is 9.58. The summed E-state index contributed by atoms with van der Waals surface area (Å²) in [6.45, 7) is 4.01. The molecule has 0 radical (unpaired) electrons. The number of hydrogen-bond donors (Lipinski definition) is 2. The Morgan fingerprint density at radius 1 is 1.35 bits per heavy atom. The maximum atomic E-state index is 9.58. The van der Waals surface area contributed by atoms with E-state index in [2.05, 4.69) is 17.2 Å². The zero-order chi connectivity index (χ0) is 12.3. The van der Waals surface area contributed by atoms with Gasteiger partial charge in [-0.2, -0.15) is 0 Å². The summed E-state index contributed by atoms with van der Waals surface area (Å²) < 4.78 is 0. The number of aromatic nitrogens is 1. The molecule has 2 N–H and O–H groups in total. The van der Waals surface area contributed by atoms with Gasteiger partial charge in [-0.15, -0.1) is 11.3 Å². The predicted molar refractivity (Wildman–Crippen MR) is 71.4 cm³/mol. The van der Waals surface area contributed by atoms with Gasteiger partial charge in [0, 0.05) is 17.3 Å². The van der Waals surface area contributed by atoms with Gasteiger partial charge in [-0.05, 0) is 26.0 Å². The van der Waals surface area contributed by atoms with Crippen molar-refractivity contribution in [3.63, 3.8) is 0 Å². The lowest BCUT2D eigenvalue weighted by Crippen LogP contribution is -2.35. The van der Waals surface area contributed by atoms with E-state index in [1.165, 1.54) is 5.56 Å². The minimum absolute atomic E-state index is 0.00832. The van der Waals surface area contributed by atoms with Crippen LogP contribution in [0.3, 0.4) is 0 Å². The van der Waals surface area contributed by atoms with Crippen molar-refractivity contribution in [1.29, 1.82) is 0 Å². The smallest absolute Gasteiger partial charge is 0.120 e. The Labute approximate surface area is 105 Å². The van der Waals surface area contributed by atoms with Crippen LogP contribution in [0.4, 0.5) is 5.69 Å². The van der Waals surface area contributed by atoms with Gasteiger partial charge in [-0.25, -0.2) is 4.98 Å². The number of aliphatic hydroxyl groups excluding tert-OH is 1. The highest BCUT2D eigenvalue weighted by atomic mass is 32.1. The Morgan fingerprint density at radius 2 is 2.06 bits per heavy atom. The molecule has 1 heterocycles. The molecule has 0 amide bonds. The van der Waals surface area contributed by atoms with Crippen LogP contribution in [0.5, 0.6) is 0 Å². The second-order valence-electron chi connectivity index (χ2n) is 4.32. The standard InChI is InChI=1S/C13H16N2OS/c1-10-3-5-11(6-4-10)15-13(2,9-16)12-14-7-8-17-12/h3-8,15-16H,9H2,1-2H3. The lowest BCUT2D eigenvalue weighted by molar-refractivity contribution is 0.223. The first-order chi connectivity index (χ1) is 8.14. The molecule has 0 aliphatic carbocycles. The third-order valence-electron chi connectivity index (χ3n) is 2.69. The summed E-state index contributed by atoms with van der Waals surface area (Å²) in [6, 6.07) is 8.11. The minimum atomic E-state index is -0.524. The van der Waals surface area contributed by atoms with Gasteiger partial charge in [-0.3, -0.25) is 0 Å². The van der Waals surface area contributed by atoms with Crippen molar-refractivity contribution in [3.8, 4) is 0 Å². The van der Waals surface area contributed by atoms with Gasteiger partial charge < -0.3 is 10.4 Å². The highest BCUT2D eigenvalue weighted by molar-refractivity contribution is 7.09. The van der Waals surface area contributed by atoms with E-state index in [0.717, 1.165) is 10.7 Å². The largest absolute Gasteiger partial charge is 0.393 e. The fourth-order valence-electron chi connectivity index (χ4n) is 1.61. The molecule has 0 fully saturated rings. The molecule has 0 spiro atoms. The molecule has 90 valence electrons. The fourth-order valence-corrected chi connectivity index (χ4v) is 2.36. The van der Waals surface area contributed by atoms with Gasteiger partial charge in [0.05, 0.1) is 6.61 Å². The Bertz CT molecular complexity index is 467. The summed E-state index contributed by atoms with van der Waals surface area (Å²) in [7, 11) is 0. The topological polar surface area (TPSA) is 45.1 Å². The Kier molecular flexibility index (Phi) is 3.45. The number of thiazole rings is 1. The Morgan fingerprint density at radius 3 is 2.59 bits per heavy atom. The monoisotopic (exact) mass is 248 g/mol. The summed E-state index contributed by atoms with van der Waals surface area (Å²) in [4.78, 5) is 4.27. The Hall–Kier alpha value is -1.39. The van der Waals surface area contributed by atoms with Crippen LogP contribution in [0, 0.1) is 6.92 Å². The zero-order valence-electron chi connectivity index (χ0n) is 9.97. The number of aliphatic hydroxyl groups is 1. The summed E-state index contributed by atoms with van der Waals surface area (Å²) in [5.41, 5.74) is 1.68. The number of nitrogens with one attached hydrogen (secondary N) is 1. The number of anilines is 1. The Balaban J connectivity index is 2.23. The number of aryl methyl sites for hydroxylation is 1. The molecule has 3 nitrogen and oxygen atoms in total. The molecule has 17 heavy (non-hydrogen) atoms. The van der Waals surface area contributed by atoms with Gasteiger partial charge in [0.25, 0.3) is 0 Å². The van der Waals surface area contributed by atoms with Gasteiger partial charge in [0.1, 0.15) is 10.5 Å². The van der Waals surface area contributed by atoms with Gasteiger partial charge in [0.15, 0.2) is 0 Å². The van der Waals surface area contributed by atoms with E-state index < -0.39 is 5.54 Å². The highest BCUT2D eigenvalue weighted by Crippen LogP contribution is 2.27. The molecule has 0 saturated carbocycles. The second-order valence-corrected chi connectivity index (χ2v) is 5.21.